The molecule has 1 aromatic carbocycles. The Morgan fingerprint density at radius 2 is 1.95 bits per heavy atom. The Hall–Kier alpha value is -1.33. The number of benzene rings is 1. The Morgan fingerprint density at radius 3 is 2.68 bits per heavy atom. The van der Waals surface area contributed by atoms with Gasteiger partial charge in [0.25, 0.3) is 0 Å². The zero-order valence-corrected chi connectivity index (χ0v) is 13.8. The van der Waals surface area contributed by atoms with Gasteiger partial charge in [0, 0.05) is 37.7 Å². The van der Waals surface area contributed by atoms with Crippen LogP contribution >= 0.6 is 11.8 Å². The highest BCUT2D eigenvalue weighted by Gasteiger charge is 2.30. The maximum Gasteiger partial charge on any atom is 0.223 e. The van der Waals surface area contributed by atoms with Crippen molar-refractivity contribution in [1.82, 2.24) is 10.6 Å². The second kappa shape index (κ2) is 8.96. The second-order valence-corrected chi connectivity index (χ2v) is 7.17. The summed E-state index contributed by atoms with van der Waals surface area (Å²) in [4.78, 5) is 23.2. The van der Waals surface area contributed by atoms with E-state index in [4.69, 9.17) is 0 Å². The summed E-state index contributed by atoms with van der Waals surface area (Å²) in [5.41, 5.74) is 1.24. The van der Waals surface area contributed by atoms with Crippen molar-refractivity contribution >= 4 is 22.8 Å². The van der Waals surface area contributed by atoms with Crippen LogP contribution in [0.5, 0.6) is 0 Å². The highest BCUT2D eigenvalue weighted by molar-refractivity contribution is 8.14. The summed E-state index contributed by atoms with van der Waals surface area (Å²) in [5.74, 6) is 0.208. The van der Waals surface area contributed by atoms with Crippen molar-refractivity contribution in [2.45, 2.75) is 38.0 Å². The molecule has 2 unspecified atom stereocenters. The van der Waals surface area contributed by atoms with Gasteiger partial charge in [-0.05, 0) is 24.8 Å². The fraction of sp³-hybridized carbons (Fsp3) is 0.529. The molecule has 5 heteroatoms. The first-order chi connectivity index (χ1) is 10.6. The largest absolute Gasteiger partial charge is 0.355 e. The number of nitrogens with one attached hydrogen (secondary N) is 2. The Labute approximate surface area is 136 Å². The van der Waals surface area contributed by atoms with Crippen LogP contribution in [-0.4, -0.2) is 29.4 Å². The van der Waals surface area contributed by atoms with Crippen molar-refractivity contribution in [2.75, 3.05) is 13.1 Å². The van der Waals surface area contributed by atoms with Crippen LogP contribution in [0.2, 0.25) is 0 Å². The highest BCUT2D eigenvalue weighted by Crippen LogP contribution is 2.34. The molecule has 0 saturated heterocycles. The second-order valence-electron chi connectivity index (χ2n) is 5.69. The fourth-order valence-corrected chi connectivity index (χ4v) is 3.82. The topological polar surface area (TPSA) is 58.2 Å². The molecule has 22 heavy (non-hydrogen) atoms. The number of hydrogen-bond acceptors (Lipinski definition) is 4. The summed E-state index contributed by atoms with van der Waals surface area (Å²) in [6, 6.07) is 10.2. The molecule has 1 amide bonds. The van der Waals surface area contributed by atoms with Crippen LogP contribution in [0.1, 0.15) is 31.7 Å². The summed E-state index contributed by atoms with van der Waals surface area (Å²) in [6.45, 7) is 3.82. The molecule has 2 rings (SSSR count). The van der Waals surface area contributed by atoms with E-state index in [0.29, 0.717) is 11.8 Å². The van der Waals surface area contributed by atoms with E-state index in [-0.39, 0.29) is 16.9 Å². The van der Waals surface area contributed by atoms with E-state index in [0.717, 1.165) is 32.4 Å². The van der Waals surface area contributed by atoms with Crippen LogP contribution in [0, 0.1) is 5.92 Å². The standard InChI is InChI=1S/C17H24N2O2S/c1-13(20)22-16-8-7-15(11-16)17(21)19-10-9-18-12-14-5-3-2-4-6-14/h2-6,15-16,18H,7-12H2,1H3,(H,19,21). The molecule has 1 fully saturated rings. The molecular weight excluding hydrogens is 296 g/mol. The molecule has 120 valence electrons. The lowest BCUT2D eigenvalue weighted by molar-refractivity contribution is -0.124. The van der Waals surface area contributed by atoms with Crippen LogP contribution in [-0.2, 0) is 16.1 Å². The predicted octanol–water partition coefficient (Wildman–Crippen LogP) is 2.34. The van der Waals surface area contributed by atoms with Gasteiger partial charge in [0.15, 0.2) is 5.12 Å². The van der Waals surface area contributed by atoms with Crippen molar-refractivity contribution in [1.29, 1.82) is 0 Å². The third-order valence-electron chi connectivity index (χ3n) is 3.86. The molecule has 0 radical (unpaired) electrons. The summed E-state index contributed by atoms with van der Waals surface area (Å²) < 4.78 is 0. The summed E-state index contributed by atoms with van der Waals surface area (Å²) >= 11 is 1.38. The number of rotatable bonds is 7. The summed E-state index contributed by atoms with van der Waals surface area (Å²) in [6.07, 6.45) is 2.69. The molecule has 1 saturated carbocycles. The van der Waals surface area contributed by atoms with E-state index in [2.05, 4.69) is 22.8 Å². The maximum absolute atomic E-state index is 12.1. The minimum atomic E-state index is 0.0750. The van der Waals surface area contributed by atoms with Crippen LogP contribution in [0.3, 0.4) is 0 Å². The molecule has 2 atom stereocenters. The van der Waals surface area contributed by atoms with Gasteiger partial charge in [-0.1, -0.05) is 42.1 Å². The smallest absolute Gasteiger partial charge is 0.223 e. The van der Waals surface area contributed by atoms with Crippen molar-refractivity contribution in [3.05, 3.63) is 35.9 Å². The van der Waals surface area contributed by atoms with E-state index < -0.39 is 0 Å². The van der Waals surface area contributed by atoms with Gasteiger partial charge < -0.3 is 10.6 Å². The highest BCUT2D eigenvalue weighted by atomic mass is 32.2. The van der Waals surface area contributed by atoms with Crippen LogP contribution in [0.15, 0.2) is 30.3 Å². The Morgan fingerprint density at radius 1 is 1.18 bits per heavy atom. The van der Waals surface area contributed by atoms with Gasteiger partial charge in [0.1, 0.15) is 0 Å². The number of amides is 1. The zero-order valence-electron chi connectivity index (χ0n) is 13.0. The van der Waals surface area contributed by atoms with Gasteiger partial charge in [0.05, 0.1) is 0 Å². The third kappa shape index (κ3) is 5.81. The van der Waals surface area contributed by atoms with Crippen molar-refractivity contribution in [2.24, 2.45) is 5.92 Å². The first kappa shape index (κ1) is 17.0. The number of carbonyl (C=O) groups is 2. The fourth-order valence-electron chi connectivity index (χ4n) is 2.77. The van der Waals surface area contributed by atoms with Gasteiger partial charge in [-0.3, -0.25) is 9.59 Å². The number of thioether (sulfide) groups is 1. The zero-order chi connectivity index (χ0) is 15.8. The van der Waals surface area contributed by atoms with Gasteiger partial charge >= 0.3 is 0 Å². The molecule has 0 bridgehead atoms. The van der Waals surface area contributed by atoms with E-state index in [1.54, 1.807) is 6.92 Å². The SMILES string of the molecule is CC(=O)SC1CCC(C(=O)NCCNCc2ccccc2)C1. The average molecular weight is 320 g/mol. The molecule has 0 aliphatic heterocycles. The van der Waals surface area contributed by atoms with E-state index >= 15 is 0 Å². The minimum absolute atomic E-state index is 0.0750. The van der Waals surface area contributed by atoms with E-state index in [9.17, 15) is 9.59 Å². The van der Waals surface area contributed by atoms with Gasteiger partial charge in [0.2, 0.25) is 5.91 Å². The molecule has 1 aliphatic rings. The molecule has 1 aromatic rings. The molecular formula is C17H24N2O2S. The normalized spacial score (nSPS) is 20.8. The monoisotopic (exact) mass is 320 g/mol. The van der Waals surface area contributed by atoms with Crippen molar-refractivity contribution < 1.29 is 9.59 Å². The molecule has 0 heterocycles. The average Bonchev–Trinajstić information content (AvgIpc) is 2.95. The summed E-state index contributed by atoms with van der Waals surface area (Å²) in [5, 5.41) is 6.78. The van der Waals surface area contributed by atoms with Gasteiger partial charge in [-0.15, -0.1) is 0 Å². The Balaban J connectivity index is 1.57. The lowest BCUT2D eigenvalue weighted by Crippen LogP contribution is -2.35. The Kier molecular flexibility index (Phi) is 6.93. The molecule has 4 nitrogen and oxygen atoms in total. The minimum Gasteiger partial charge on any atom is -0.355 e. The van der Waals surface area contributed by atoms with Crippen LogP contribution in [0.25, 0.3) is 0 Å². The van der Waals surface area contributed by atoms with E-state index in [1.165, 1.54) is 17.3 Å². The van der Waals surface area contributed by atoms with Crippen molar-refractivity contribution in [3.63, 3.8) is 0 Å². The number of hydrogen-bond donors (Lipinski definition) is 2. The predicted molar refractivity (Wildman–Crippen MR) is 90.6 cm³/mol. The van der Waals surface area contributed by atoms with Crippen LogP contribution in [0.4, 0.5) is 0 Å². The van der Waals surface area contributed by atoms with Gasteiger partial charge in [-0.25, -0.2) is 0 Å². The molecule has 0 aromatic heterocycles. The molecule has 2 N–H and O–H groups in total. The number of carbonyl (C=O) groups excluding carboxylic acids is 2. The first-order valence-corrected chi connectivity index (χ1v) is 8.72. The van der Waals surface area contributed by atoms with Gasteiger partial charge in [-0.2, -0.15) is 0 Å². The maximum atomic E-state index is 12.1. The van der Waals surface area contributed by atoms with Crippen molar-refractivity contribution in [3.8, 4) is 0 Å². The molecule has 0 spiro atoms. The Bertz CT molecular complexity index is 493. The van der Waals surface area contributed by atoms with E-state index in [1.807, 2.05) is 18.2 Å². The molecule has 1 aliphatic carbocycles. The first-order valence-electron chi connectivity index (χ1n) is 7.84. The quantitative estimate of drug-likeness (QED) is 0.757. The lowest BCUT2D eigenvalue weighted by atomic mass is 10.1. The van der Waals surface area contributed by atoms with Crippen LogP contribution < -0.4 is 10.6 Å². The lowest BCUT2D eigenvalue weighted by Gasteiger charge is -2.11. The third-order valence-corrected chi connectivity index (χ3v) is 4.95. The summed E-state index contributed by atoms with van der Waals surface area (Å²) in [7, 11) is 0.